The standard InChI is InChI=1S/C22H26F4N4O3/c1-3-17(14-4-5-19(16(23)9-14)33-22(24,25)26)29-21(32)30-7-6-15-10-27-20(8-13(2)12-31)28-18(15)11-30/h4-5,9-10,13,17,31H,3,6-8,11-12H2,1-2H3,(H,29,32)/t13-,17-/m1/s1. The lowest BCUT2D eigenvalue weighted by Crippen LogP contribution is -2.44. The van der Waals surface area contributed by atoms with Crippen LogP contribution in [0.25, 0.3) is 0 Å². The summed E-state index contributed by atoms with van der Waals surface area (Å²) >= 11 is 0. The van der Waals surface area contributed by atoms with Gasteiger partial charge in [-0.05, 0) is 42.0 Å². The highest BCUT2D eigenvalue weighted by molar-refractivity contribution is 5.75. The number of benzene rings is 1. The zero-order valence-corrected chi connectivity index (χ0v) is 18.3. The number of hydrogen-bond donors (Lipinski definition) is 2. The van der Waals surface area contributed by atoms with E-state index in [1.165, 1.54) is 6.07 Å². The number of halogens is 4. The van der Waals surface area contributed by atoms with Crippen molar-refractivity contribution >= 4 is 6.03 Å². The second-order valence-corrected chi connectivity index (χ2v) is 8.07. The number of urea groups is 1. The van der Waals surface area contributed by atoms with Crippen LogP contribution in [0.5, 0.6) is 5.75 Å². The number of aromatic nitrogens is 2. The van der Waals surface area contributed by atoms with Gasteiger partial charge in [-0.2, -0.15) is 0 Å². The number of carbonyl (C=O) groups excluding carboxylic acids is 1. The number of carbonyl (C=O) groups is 1. The van der Waals surface area contributed by atoms with Crippen molar-refractivity contribution in [1.82, 2.24) is 20.2 Å². The first-order valence-corrected chi connectivity index (χ1v) is 10.6. The van der Waals surface area contributed by atoms with E-state index in [0.717, 1.165) is 23.4 Å². The average molecular weight is 470 g/mol. The van der Waals surface area contributed by atoms with Crippen molar-refractivity contribution in [3.8, 4) is 5.75 Å². The van der Waals surface area contributed by atoms with E-state index < -0.39 is 24.0 Å². The molecule has 2 atom stereocenters. The van der Waals surface area contributed by atoms with E-state index in [0.29, 0.717) is 37.2 Å². The van der Waals surface area contributed by atoms with E-state index in [4.69, 9.17) is 0 Å². The molecule has 1 aliphatic heterocycles. The van der Waals surface area contributed by atoms with Gasteiger partial charge < -0.3 is 20.1 Å². The molecule has 7 nitrogen and oxygen atoms in total. The third kappa shape index (κ3) is 6.53. The highest BCUT2D eigenvalue weighted by Crippen LogP contribution is 2.29. The fourth-order valence-electron chi connectivity index (χ4n) is 3.60. The van der Waals surface area contributed by atoms with Gasteiger partial charge in [-0.1, -0.05) is 19.9 Å². The molecule has 2 N–H and O–H groups in total. The summed E-state index contributed by atoms with van der Waals surface area (Å²) in [5, 5.41) is 12.1. The fraction of sp³-hybridized carbons (Fsp3) is 0.500. The van der Waals surface area contributed by atoms with Crippen molar-refractivity contribution in [2.45, 2.75) is 52.1 Å². The molecule has 0 bridgehead atoms. The number of rotatable bonds is 7. The van der Waals surface area contributed by atoms with Crippen molar-refractivity contribution < 1.29 is 32.2 Å². The third-order valence-corrected chi connectivity index (χ3v) is 5.42. The molecule has 33 heavy (non-hydrogen) atoms. The van der Waals surface area contributed by atoms with Crippen LogP contribution in [0.1, 0.15) is 49.0 Å². The topological polar surface area (TPSA) is 87.6 Å². The van der Waals surface area contributed by atoms with Gasteiger partial charge in [0.05, 0.1) is 18.3 Å². The molecule has 1 aromatic carbocycles. The third-order valence-electron chi connectivity index (χ3n) is 5.42. The summed E-state index contributed by atoms with van der Waals surface area (Å²) in [5.41, 5.74) is 2.02. The summed E-state index contributed by atoms with van der Waals surface area (Å²) in [5.74, 6) is -1.47. The number of aliphatic hydroxyl groups excluding tert-OH is 1. The van der Waals surface area contributed by atoms with E-state index in [1.54, 1.807) is 18.0 Å². The van der Waals surface area contributed by atoms with E-state index in [-0.39, 0.29) is 25.1 Å². The molecule has 0 aliphatic carbocycles. The molecule has 0 fully saturated rings. The second-order valence-electron chi connectivity index (χ2n) is 8.07. The molecule has 0 saturated carbocycles. The Kier molecular flexibility index (Phi) is 7.72. The van der Waals surface area contributed by atoms with Gasteiger partial charge in [-0.25, -0.2) is 19.2 Å². The van der Waals surface area contributed by atoms with Gasteiger partial charge >= 0.3 is 12.4 Å². The molecule has 180 valence electrons. The van der Waals surface area contributed by atoms with Crippen LogP contribution < -0.4 is 10.1 Å². The van der Waals surface area contributed by atoms with Crippen molar-refractivity contribution in [3.63, 3.8) is 0 Å². The molecule has 2 amide bonds. The van der Waals surface area contributed by atoms with Gasteiger partial charge in [0, 0.05) is 25.8 Å². The summed E-state index contributed by atoms with van der Waals surface area (Å²) in [4.78, 5) is 23.3. The molecule has 3 rings (SSSR count). The molecule has 0 unspecified atom stereocenters. The first-order chi connectivity index (χ1) is 15.6. The Morgan fingerprint density at radius 2 is 2.12 bits per heavy atom. The average Bonchev–Trinajstić information content (AvgIpc) is 2.77. The van der Waals surface area contributed by atoms with E-state index in [9.17, 15) is 27.5 Å². The summed E-state index contributed by atoms with van der Waals surface area (Å²) in [6.45, 7) is 4.40. The van der Waals surface area contributed by atoms with E-state index in [2.05, 4.69) is 20.0 Å². The van der Waals surface area contributed by atoms with Crippen LogP contribution >= 0.6 is 0 Å². The maximum atomic E-state index is 14.1. The van der Waals surface area contributed by atoms with E-state index >= 15 is 0 Å². The summed E-state index contributed by atoms with van der Waals surface area (Å²) < 4.78 is 54.9. The fourth-order valence-corrected chi connectivity index (χ4v) is 3.60. The second kappa shape index (κ2) is 10.3. The Balaban J connectivity index is 1.68. The molecule has 2 aromatic rings. The maximum Gasteiger partial charge on any atom is 0.573 e. The zero-order chi connectivity index (χ0) is 24.2. The number of aliphatic hydroxyl groups is 1. The number of alkyl halides is 3. The Labute approximate surface area is 188 Å². The summed E-state index contributed by atoms with van der Waals surface area (Å²) in [7, 11) is 0. The Morgan fingerprint density at radius 1 is 1.36 bits per heavy atom. The highest BCUT2D eigenvalue weighted by atomic mass is 19.4. The number of hydrogen-bond acceptors (Lipinski definition) is 5. The van der Waals surface area contributed by atoms with Crippen LogP contribution in [-0.4, -0.2) is 45.5 Å². The van der Waals surface area contributed by atoms with Crippen molar-refractivity contribution in [2.24, 2.45) is 5.92 Å². The number of fused-ring (bicyclic) bond motifs is 1. The Morgan fingerprint density at radius 3 is 2.76 bits per heavy atom. The number of ether oxygens (including phenoxy) is 1. The van der Waals surface area contributed by atoms with Crippen LogP contribution in [0.3, 0.4) is 0 Å². The van der Waals surface area contributed by atoms with Crippen molar-refractivity contribution in [2.75, 3.05) is 13.2 Å². The predicted molar refractivity (Wildman–Crippen MR) is 111 cm³/mol. The number of nitrogens with zero attached hydrogens (tertiary/aromatic N) is 3. The Bertz CT molecular complexity index is 987. The first-order valence-electron chi connectivity index (χ1n) is 10.6. The monoisotopic (exact) mass is 470 g/mol. The molecule has 1 aliphatic rings. The largest absolute Gasteiger partial charge is 0.573 e. The SMILES string of the molecule is CC[C@@H](NC(=O)N1CCc2cnc(C[C@@H](C)CO)nc2C1)c1ccc(OC(F)(F)F)c(F)c1. The molecule has 0 spiro atoms. The predicted octanol–water partition coefficient (Wildman–Crippen LogP) is 3.90. The molecular formula is C22H26F4N4O3. The van der Waals surface area contributed by atoms with Gasteiger partial charge in [0.15, 0.2) is 11.6 Å². The van der Waals surface area contributed by atoms with Gasteiger partial charge in [0.1, 0.15) is 5.82 Å². The minimum atomic E-state index is -5.00. The first kappa shape index (κ1) is 24.7. The van der Waals surface area contributed by atoms with Crippen molar-refractivity contribution in [3.05, 3.63) is 52.9 Å². The van der Waals surface area contributed by atoms with Gasteiger partial charge in [0.25, 0.3) is 0 Å². The number of nitrogens with one attached hydrogen (secondary N) is 1. The normalized spacial score (nSPS) is 15.5. The lowest BCUT2D eigenvalue weighted by Gasteiger charge is -2.30. The maximum absolute atomic E-state index is 14.1. The molecule has 0 saturated heterocycles. The van der Waals surface area contributed by atoms with Gasteiger partial charge in [-0.15, -0.1) is 13.2 Å². The van der Waals surface area contributed by atoms with Crippen LogP contribution in [0.15, 0.2) is 24.4 Å². The van der Waals surface area contributed by atoms with Crippen LogP contribution in [0, 0.1) is 11.7 Å². The van der Waals surface area contributed by atoms with Crippen LogP contribution in [0.2, 0.25) is 0 Å². The summed E-state index contributed by atoms with van der Waals surface area (Å²) in [6.07, 6.45) is -1.74. The minimum Gasteiger partial charge on any atom is -0.403 e. The number of amides is 2. The van der Waals surface area contributed by atoms with Gasteiger partial charge in [0.2, 0.25) is 0 Å². The van der Waals surface area contributed by atoms with Crippen LogP contribution in [-0.2, 0) is 19.4 Å². The lowest BCUT2D eigenvalue weighted by molar-refractivity contribution is -0.275. The van der Waals surface area contributed by atoms with E-state index in [1.807, 2.05) is 6.92 Å². The minimum absolute atomic E-state index is 0.0182. The molecule has 0 radical (unpaired) electrons. The quantitative estimate of drug-likeness (QED) is 0.600. The summed E-state index contributed by atoms with van der Waals surface area (Å²) in [6, 6.07) is 2.15. The smallest absolute Gasteiger partial charge is 0.403 e. The highest BCUT2D eigenvalue weighted by Gasteiger charge is 2.32. The lowest BCUT2D eigenvalue weighted by atomic mass is 10.0. The van der Waals surface area contributed by atoms with Gasteiger partial charge in [-0.3, -0.25) is 0 Å². The molecular weight excluding hydrogens is 444 g/mol. The Hall–Kier alpha value is -2.95. The molecule has 2 heterocycles. The zero-order valence-electron chi connectivity index (χ0n) is 18.3. The van der Waals surface area contributed by atoms with Crippen LogP contribution in [0.4, 0.5) is 22.4 Å². The molecule has 1 aromatic heterocycles. The van der Waals surface area contributed by atoms with Crippen molar-refractivity contribution in [1.29, 1.82) is 0 Å². The molecule has 11 heteroatoms.